The summed E-state index contributed by atoms with van der Waals surface area (Å²) >= 11 is 0. The second-order valence-electron chi connectivity index (χ2n) is 6.10. The van der Waals surface area contributed by atoms with Gasteiger partial charge in [0, 0.05) is 5.69 Å². The van der Waals surface area contributed by atoms with Crippen molar-refractivity contribution >= 4 is 21.6 Å². The molecule has 0 radical (unpaired) electrons. The van der Waals surface area contributed by atoms with E-state index in [-0.39, 0.29) is 5.69 Å². The van der Waals surface area contributed by atoms with E-state index in [2.05, 4.69) is 4.72 Å². The molecule has 0 aliphatic carbocycles. The van der Waals surface area contributed by atoms with Crippen LogP contribution in [-0.4, -0.2) is 19.5 Å². The molecule has 3 rings (SSSR count). The van der Waals surface area contributed by atoms with Crippen molar-refractivity contribution in [2.75, 3.05) is 4.72 Å². The predicted octanol–water partition coefficient (Wildman–Crippen LogP) is 3.40. The fourth-order valence-corrected chi connectivity index (χ4v) is 4.09. The van der Waals surface area contributed by atoms with E-state index in [0.717, 1.165) is 18.2 Å². The summed E-state index contributed by atoms with van der Waals surface area (Å²) in [7, 11) is -4.50. The van der Waals surface area contributed by atoms with Crippen LogP contribution in [0.15, 0.2) is 77.7 Å². The topological polar surface area (TPSA) is 95.5 Å². The lowest BCUT2D eigenvalue weighted by atomic mass is 9.90. The lowest BCUT2D eigenvalue weighted by Gasteiger charge is -2.16. The number of amides is 1. The van der Waals surface area contributed by atoms with Gasteiger partial charge in [-0.3, -0.25) is 14.7 Å². The van der Waals surface area contributed by atoms with Crippen LogP contribution in [0.2, 0.25) is 0 Å². The molecule has 0 heterocycles. The molecule has 3 aromatic rings. The third-order valence-corrected chi connectivity index (χ3v) is 5.62. The van der Waals surface area contributed by atoms with Crippen molar-refractivity contribution in [3.8, 4) is 0 Å². The van der Waals surface area contributed by atoms with E-state index in [9.17, 15) is 22.0 Å². The second-order valence-corrected chi connectivity index (χ2v) is 7.72. The van der Waals surface area contributed by atoms with E-state index in [0.29, 0.717) is 11.1 Å². The fourth-order valence-electron chi connectivity index (χ4n) is 2.89. The van der Waals surface area contributed by atoms with Gasteiger partial charge in [0.25, 0.3) is 15.9 Å². The minimum Gasteiger partial charge on any atom is -0.289 e. The first kappa shape index (κ1) is 20.4. The maximum absolute atomic E-state index is 13.8. The first-order valence-electron chi connectivity index (χ1n) is 8.39. The highest BCUT2D eigenvalue weighted by molar-refractivity contribution is 7.92. The minimum absolute atomic E-state index is 0.0487. The zero-order valence-corrected chi connectivity index (χ0v) is 15.7. The molecule has 3 aromatic carbocycles. The van der Waals surface area contributed by atoms with Crippen molar-refractivity contribution in [3.63, 3.8) is 0 Å². The number of carbonyl (C=O) groups is 1. The van der Waals surface area contributed by atoms with Crippen LogP contribution in [-0.2, 0) is 14.8 Å². The van der Waals surface area contributed by atoms with Crippen LogP contribution in [0.1, 0.15) is 17.0 Å². The molecule has 3 N–H and O–H groups in total. The van der Waals surface area contributed by atoms with Crippen molar-refractivity contribution in [1.82, 2.24) is 5.48 Å². The number of hydrogen-bond acceptors (Lipinski definition) is 4. The molecule has 1 atom stereocenters. The first-order valence-corrected chi connectivity index (χ1v) is 9.87. The zero-order chi connectivity index (χ0) is 21.0. The molecule has 0 saturated heterocycles. The zero-order valence-electron chi connectivity index (χ0n) is 14.8. The number of sulfonamides is 1. The Morgan fingerprint density at radius 1 is 0.828 bits per heavy atom. The molecule has 0 saturated carbocycles. The summed E-state index contributed by atoms with van der Waals surface area (Å²) in [6.07, 6.45) is 0. The number of hydroxylamine groups is 1. The maximum atomic E-state index is 13.8. The van der Waals surface area contributed by atoms with E-state index >= 15 is 0 Å². The van der Waals surface area contributed by atoms with Gasteiger partial charge in [-0.15, -0.1) is 0 Å². The fraction of sp³-hybridized carbons (Fsp3) is 0.0500. The SMILES string of the molecule is O=C(NO)C(c1ccccc1)c1ccc(NS(=O)(=O)c2c(F)cccc2F)cc1. The average molecular weight is 418 g/mol. The van der Waals surface area contributed by atoms with Crippen molar-refractivity contribution in [3.05, 3.63) is 95.6 Å². The molecule has 6 nitrogen and oxygen atoms in total. The van der Waals surface area contributed by atoms with Crippen LogP contribution in [0, 0.1) is 11.6 Å². The maximum Gasteiger partial charge on any atom is 0.267 e. The van der Waals surface area contributed by atoms with Gasteiger partial charge in [0.15, 0.2) is 4.90 Å². The first-order chi connectivity index (χ1) is 13.8. The monoisotopic (exact) mass is 418 g/mol. The van der Waals surface area contributed by atoms with Gasteiger partial charge in [-0.1, -0.05) is 48.5 Å². The van der Waals surface area contributed by atoms with Gasteiger partial charge in [-0.2, -0.15) is 0 Å². The van der Waals surface area contributed by atoms with Crippen LogP contribution in [0.3, 0.4) is 0 Å². The van der Waals surface area contributed by atoms with Crippen LogP contribution < -0.4 is 10.2 Å². The number of carbonyl (C=O) groups excluding carboxylic acids is 1. The number of hydrogen-bond donors (Lipinski definition) is 3. The third-order valence-electron chi connectivity index (χ3n) is 4.19. The minimum atomic E-state index is -4.50. The highest BCUT2D eigenvalue weighted by atomic mass is 32.2. The van der Waals surface area contributed by atoms with Crippen LogP contribution in [0.25, 0.3) is 0 Å². The summed E-state index contributed by atoms with van der Waals surface area (Å²) in [5, 5.41) is 9.05. The van der Waals surface area contributed by atoms with Gasteiger partial charge in [-0.05, 0) is 35.4 Å². The summed E-state index contributed by atoms with van der Waals surface area (Å²) in [6, 6.07) is 17.1. The van der Waals surface area contributed by atoms with E-state index in [1.807, 2.05) is 0 Å². The molecule has 0 aromatic heterocycles. The summed E-state index contributed by atoms with van der Waals surface area (Å²) in [4.78, 5) is 11.1. The standard InChI is InChI=1S/C20H16F2N2O4S/c21-16-7-4-8-17(22)19(16)29(27,28)24-15-11-9-14(10-12-15)18(20(25)23-26)13-5-2-1-3-6-13/h1-12,18,24,26H,(H,23,25). The summed E-state index contributed by atoms with van der Waals surface area (Å²) in [5.74, 6) is -3.93. The number of rotatable bonds is 6. The third kappa shape index (κ3) is 4.41. The van der Waals surface area contributed by atoms with Gasteiger partial charge in [0.1, 0.15) is 11.6 Å². The van der Waals surface area contributed by atoms with E-state index in [4.69, 9.17) is 5.21 Å². The Morgan fingerprint density at radius 3 is 1.93 bits per heavy atom. The quantitative estimate of drug-likeness (QED) is 0.422. The van der Waals surface area contributed by atoms with Gasteiger partial charge in [-0.25, -0.2) is 22.7 Å². The molecule has 0 aliphatic heterocycles. The molecule has 150 valence electrons. The lowest BCUT2D eigenvalue weighted by Crippen LogP contribution is -2.27. The largest absolute Gasteiger partial charge is 0.289 e. The van der Waals surface area contributed by atoms with Gasteiger partial charge in [0.2, 0.25) is 0 Å². The molecule has 1 unspecified atom stereocenters. The van der Waals surface area contributed by atoms with Gasteiger partial charge < -0.3 is 0 Å². The van der Waals surface area contributed by atoms with Crippen LogP contribution in [0.5, 0.6) is 0 Å². The Hall–Kier alpha value is -3.30. The Labute approximate surface area is 165 Å². The second kappa shape index (κ2) is 8.38. The molecular formula is C20H16F2N2O4S. The van der Waals surface area contributed by atoms with Gasteiger partial charge >= 0.3 is 0 Å². The normalized spacial score (nSPS) is 12.2. The molecule has 0 bridgehead atoms. The van der Waals surface area contributed by atoms with Crippen molar-refractivity contribution in [2.45, 2.75) is 10.8 Å². The van der Waals surface area contributed by atoms with Crippen molar-refractivity contribution in [2.24, 2.45) is 0 Å². The highest BCUT2D eigenvalue weighted by Gasteiger charge is 2.25. The summed E-state index contributed by atoms with van der Waals surface area (Å²) < 4.78 is 54.4. The number of anilines is 1. The summed E-state index contributed by atoms with van der Waals surface area (Å²) in [6.45, 7) is 0. The number of nitrogens with one attached hydrogen (secondary N) is 2. The smallest absolute Gasteiger partial charge is 0.267 e. The molecule has 0 fully saturated rings. The Morgan fingerprint density at radius 2 is 1.38 bits per heavy atom. The molecule has 0 aliphatic rings. The number of benzene rings is 3. The molecule has 9 heteroatoms. The molecule has 0 spiro atoms. The van der Waals surface area contributed by atoms with Crippen LogP contribution >= 0.6 is 0 Å². The summed E-state index contributed by atoms with van der Waals surface area (Å²) in [5.41, 5.74) is 2.75. The van der Waals surface area contributed by atoms with Crippen molar-refractivity contribution in [1.29, 1.82) is 0 Å². The highest BCUT2D eigenvalue weighted by Crippen LogP contribution is 2.27. The van der Waals surface area contributed by atoms with E-state index in [1.54, 1.807) is 35.8 Å². The molecule has 29 heavy (non-hydrogen) atoms. The Bertz CT molecular complexity index is 1100. The van der Waals surface area contributed by atoms with E-state index in [1.165, 1.54) is 24.3 Å². The van der Waals surface area contributed by atoms with Gasteiger partial charge in [0.05, 0.1) is 5.92 Å². The predicted molar refractivity (Wildman–Crippen MR) is 102 cm³/mol. The Balaban J connectivity index is 1.90. The molecular weight excluding hydrogens is 402 g/mol. The lowest BCUT2D eigenvalue weighted by molar-refractivity contribution is -0.129. The van der Waals surface area contributed by atoms with E-state index < -0.39 is 38.4 Å². The Kier molecular flexibility index (Phi) is 5.90. The van der Waals surface area contributed by atoms with Crippen molar-refractivity contribution < 1.29 is 27.2 Å². The average Bonchev–Trinajstić information content (AvgIpc) is 2.69. The number of halogens is 2. The van der Waals surface area contributed by atoms with Crippen LogP contribution in [0.4, 0.5) is 14.5 Å². The molecule has 1 amide bonds.